The average molecular weight is 214 g/mol. The molecule has 2 aliphatic rings. The largest absolute Gasteiger partial charge is 0.148 e. The molecule has 0 heterocycles. The summed E-state index contributed by atoms with van der Waals surface area (Å²) in [5.41, 5.74) is 2.90. The van der Waals surface area contributed by atoms with Crippen LogP contribution in [0.5, 0.6) is 0 Å². The zero-order valence-electron chi connectivity index (χ0n) is 8.66. The van der Waals surface area contributed by atoms with Gasteiger partial charge in [-0.2, -0.15) is 0 Å². The van der Waals surface area contributed by atoms with Crippen LogP contribution in [0.15, 0.2) is 17.0 Å². The first-order chi connectivity index (χ1) is 7.34. The molecule has 0 aliphatic heterocycles. The Morgan fingerprint density at radius 1 is 1.00 bits per heavy atom. The Morgan fingerprint density at radius 2 is 1.87 bits per heavy atom. The molecule has 0 nitrogen and oxygen atoms in total. The first-order valence-corrected chi connectivity index (χ1v) is 6.01. The summed E-state index contributed by atoms with van der Waals surface area (Å²) in [6, 6.07) is 4.48. The van der Waals surface area contributed by atoms with Gasteiger partial charge in [0.1, 0.15) is 0 Å². The van der Waals surface area contributed by atoms with Gasteiger partial charge in [-0.1, -0.05) is 24.3 Å². The Balaban J connectivity index is 2.35. The predicted octanol–water partition coefficient (Wildman–Crippen LogP) is 2.26. The summed E-state index contributed by atoms with van der Waals surface area (Å²) in [6.45, 7) is 0. The highest BCUT2D eigenvalue weighted by Crippen LogP contribution is 2.23. The maximum absolute atomic E-state index is 4.46. The molecular formula is C14H14S. The molecule has 2 aliphatic carbocycles. The summed E-state index contributed by atoms with van der Waals surface area (Å²) in [5, 5.41) is 2.91. The van der Waals surface area contributed by atoms with E-state index < -0.39 is 0 Å². The van der Waals surface area contributed by atoms with E-state index in [0.29, 0.717) is 0 Å². The van der Waals surface area contributed by atoms with Crippen LogP contribution in [0, 0.1) is 0 Å². The molecular weight excluding hydrogens is 200 g/mol. The third-order valence-electron chi connectivity index (χ3n) is 3.26. The van der Waals surface area contributed by atoms with Gasteiger partial charge in [0.15, 0.2) is 0 Å². The Kier molecular flexibility index (Phi) is 2.21. The molecule has 0 unspecified atom stereocenters. The molecule has 0 saturated carbocycles. The average Bonchev–Trinajstić information content (AvgIpc) is 2.28. The monoisotopic (exact) mass is 214 g/mol. The van der Waals surface area contributed by atoms with Gasteiger partial charge in [0.25, 0.3) is 0 Å². The molecule has 1 heteroatoms. The third kappa shape index (κ3) is 1.55. The van der Waals surface area contributed by atoms with Crippen LogP contribution in [0.1, 0.15) is 30.4 Å². The summed E-state index contributed by atoms with van der Waals surface area (Å²) < 4.78 is 0. The van der Waals surface area contributed by atoms with Crippen molar-refractivity contribution in [1.82, 2.24) is 0 Å². The normalized spacial score (nSPS) is 18.1. The van der Waals surface area contributed by atoms with Crippen molar-refractivity contribution >= 4 is 30.9 Å². The van der Waals surface area contributed by atoms with Gasteiger partial charge in [-0.05, 0) is 58.2 Å². The van der Waals surface area contributed by atoms with Crippen molar-refractivity contribution in [2.75, 3.05) is 0 Å². The fourth-order valence-electron chi connectivity index (χ4n) is 2.50. The van der Waals surface area contributed by atoms with Gasteiger partial charge in [-0.15, -0.1) is 12.6 Å². The molecule has 3 rings (SSSR count). The summed E-state index contributed by atoms with van der Waals surface area (Å²) in [5.74, 6) is 0. The van der Waals surface area contributed by atoms with Gasteiger partial charge < -0.3 is 0 Å². The van der Waals surface area contributed by atoms with Crippen LogP contribution in [0.4, 0.5) is 0 Å². The third-order valence-corrected chi connectivity index (χ3v) is 3.61. The molecule has 0 bridgehead atoms. The van der Waals surface area contributed by atoms with E-state index in [-0.39, 0.29) is 0 Å². The van der Waals surface area contributed by atoms with Crippen LogP contribution in [-0.4, -0.2) is 0 Å². The SMILES string of the molecule is SC1=Cc2ccc3c(c2CC1)=CCCC=3. The van der Waals surface area contributed by atoms with Gasteiger partial charge >= 0.3 is 0 Å². The van der Waals surface area contributed by atoms with E-state index in [1.165, 1.54) is 39.3 Å². The lowest BCUT2D eigenvalue weighted by atomic mass is 9.92. The predicted molar refractivity (Wildman–Crippen MR) is 69.1 cm³/mol. The lowest BCUT2D eigenvalue weighted by Crippen LogP contribution is -2.31. The molecule has 0 saturated heterocycles. The maximum atomic E-state index is 4.46. The Hall–Kier alpha value is -0.950. The van der Waals surface area contributed by atoms with Crippen molar-refractivity contribution < 1.29 is 0 Å². The molecule has 0 aromatic heterocycles. The van der Waals surface area contributed by atoms with E-state index in [1.54, 1.807) is 0 Å². The van der Waals surface area contributed by atoms with E-state index in [0.717, 1.165) is 12.8 Å². The number of thiol groups is 1. The molecule has 76 valence electrons. The second-order valence-corrected chi connectivity index (χ2v) is 4.83. The lowest BCUT2D eigenvalue weighted by Gasteiger charge is -2.15. The van der Waals surface area contributed by atoms with E-state index in [9.17, 15) is 0 Å². The first-order valence-electron chi connectivity index (χ1n) is 5.56. The minimum Gasteiger partial charge on any atom is -0.148 e. The Labute approximate surface area is 95.4 Å². The number of rotatable bonds is 0. The van der Waals surface area contributed by atoms with Gasteiger partial charge in [-0.25, -0.2) is 0 Å². The fraction of sp³-hybridized carbons (Fsp3) is 0.286. The van der Waals surface area contributed by atoms with E-state index in [1.807, 2.05) is 0 Å². The molecule has 15 heavy (non-hydrogen) atoms. The van der Waals surface area contributed by atoms with E-state index in [2.05, 4.69) is 43.0 Å². The molecule has 0 amide bonds. The number of fused-ring (bicyclic) bond motifs is 3. The Bertz CT molecular complexity index is 549. The van der Waals surface area contributed by atoms with Crippen molar-refractivity contribution in [3.05, 3.63) is 38.6 Å². The van der Waals surface area contributed by atoms with Gasteiger partial charge in [0, 0.05) is 0 Å². The standard InChI is InChI=1S/C14H14S/c15-12-7-8-14-11(9-12)6-5-10-3-1-2-4-13(10)14/h3-6,9,15H,1-2,7-8H2. The van der Waals surface area contributed by atoms with Crippen molar-refractivity contribution in [3.8, 4) is 0 Å². The van der Waals surface area contributed by atoms with Crippen LogP contribution < -0.4 is 10.4 Å². The van der Waals surface area contributed by atoms with Gasteiger partial charge in [0.2, 0.25) is 0 Å². The molecule has 0 N–H and O–H groups in total. The minimum atomic E-state index is 1.10. The van der Waals surface area contributed by atoms with Crippen LogP contribution in [0.3, 0.4) is 0 Å². The molecule has 0 atom stereocenters. The summed E-state index contributed by atoms with van der Waals surface area (Å²) in [6.07, 6.45) is 11.6. The number of benzene rings is 1. The van der Waals surface area contributed by atoms with Crippen molar-refractivity contribution in [1.29, 1.82) is 0 Å². The van der Waals surface area contributed by atoms with Gasteiger partial charge in [0.05, 0.1) is 0 Å². The molecule has 1 aromatic carbocycles. The highest BCUT2D eigenvalue weighted by molar-refractivity contribution is 7.84. The minimum absolute atomic E-state index is 1.10. The summed E-state index contributed by atoms with van der Waals surface area (Å²) >= 11 is 4.46. The molecule has 0 radical (unpaired) electrons. The quantitative estimate of drug-likeness (QED) is 0.629. The van der Waals surface area contributed by atoms with Crippen LogP contribution >= 0.6 is 12.6 Å². The van der Waals surface area contributed by atoms with Crippen LogP contribution in [0.25, 0.3) is 18.2 Å². The number of hydrogen-bond acceptors (Lipinski definition) is 1. The van der Waals surface area contributed by atoms with Gasteiger partial charge in [-0.3, -0.25) is 0 Å². The number of hydrogen-bond donors (Lipinski definition) is 1. The van der Waals surface area contributed by atoms with Crippen molar-refractivity contribution in [2.45, 2.75) is 25.7 Å². The smallest absolute Gasteiger partial charge is 0.0175 e. The number of allylic oxidation sites excluding steroid dienone is 1. The molecule has 0 spiro atoms. The second-order valence-electron chi connectivity index (χ2n) is 4.26. The van der Waals surface area contributed by atoms with E-state index in [4.69, 9.17) is 0 Å². The molecule has 0 fully saturated rings. The topological polar surface area (TPSA) is 0 Å². The highest BCUT2D eigenvalue weighted by atomic mass is 32.1. The zero-order valence-corrected chi connectivity index (χ0v) is 9.56. The fourth-order valence-corrected chi connectivity index (χ4v) is 2.76. The summed E-state index contributed by atoms with van der Waals surface area (Å²) in [4.78, 5) is 1.21. The van der Waals surface area contributed by atoms with Crippen LogP contribution in [0.2, 0.25) is 0 Å². The van der Waals surface area contributed by atoms with Crippen molar-refractivity contribution in [2.24, 2.45) is 0 Å². The van der Waals surface area contributed by atoms with Crippen LogP contribution in [-0.2, 0) is 6.42 Å². The zero-order chi connectivity index (χ0) is 10.3. The van der Waals surface area contributed by atoms with Crippen molar-refractivity contribution in [3.63, 3.8) is 0 Å². The lowest BCUT2D eigenvalue weighted by molar-refractivity contribution is 0.954. The highest BCUT2D eigenvalue weighted by Gasteiger charge is 2.10. The Morgan fingerprint density at radius 3 is 2.80 bits per heavy atom. The second kappa shape index (κ2) is 3.57. The first kappa shape index (κ1) is 9.29. The molecule has 1 aromatic rings. The maximum Gasteiger partial charge on any atom is -0.0175 e. The summed E-state index contributed by atoms with van der Waals surface area (Å²) in [7, 11) is 0. The van der Waals surface area contributed by atoms with E-state index >= 15 is 0 Å².